The van der Waals surface area contributed by atoms with Crippen molar-refractivity contribution in [2.45, 2.75) is 88.8 Å². The molecule has 0 radical (unpaired) electrons. The van der Waals surface area contributed by atoms with Crippen LogP contribution in [0, 0.1) is 5.41 Å². The van der Waals surface area contributed by atoms with E-state index in [0.717, 1.165) is 19.0 Å². The molecule has 0 aromatic carbocycles. The molecule has 3 rings (SSSR count). The minimum atomic E-state index is 0.263. The summed E-state index contributed by atoms with van der Waals surface area (Å²) in [6.45, 7) is 2.11. The Labute approximate surface area is 135 Å². The molecule has 1 atom stereocenters. The second-order valence-electron chi connectivity index (χ2n) is 7.85. The van der Waals surface area contributed by atoms with E-state index in [-0.39, 0.29) is 5.60 Å². The van der Waals surface area contributed by atoms with Crippen LogP contribution in [-0.4, -0.2) is 30.7 Å². The fourth-order valence-electron chi connectivity index (χ4n) is 4.76. The van der Waals surface area contributed by atoms with Crippen LogP contribution in [-0.2, 0) is 4.74 Å². The van der Waals surface area contributed by atoms with Gasteiger partial charge in [-0.05, 0) is 43.9 Å². The zero-order chi connectivity index (χ0) is 14.6. The molecule has 2 aliphatic carbocycles. The van der Waals surface area contributed by atoms with E-state index in [1.165, 1.54) is 77.0 Å². The quantitative estimate of drug-likeness (QED) is 0.746. The molecule has 1 spiro atoms. The fourth-order valence-corrected chi connectivity index (χ4v) is 5.12. The smallest absolute Gasteiger partial charge is 0.0708 e. The Bertz CT molecular complexity index is 321. The van der Waals surface area contributed by atoms with Crippen LogP contribution in [0.3, 0.4) is 0 Å². The molecule has 1 N–H and O–H groups in total. The number of rotatable bonds is 5. The zero-order valence-corrected chi connectivity index (χ0v) is 14.2. The van der Waals surface area contributed by atoms with Gasteiger partial charge in [0.05, 0.1) is 11.7 Å². The first-order chi connectivity index (χ1) is 10.3. The first-order valence-corrected chi connectivity index (χ1v) is 9.74. The molecular weight excluding hydrogens is 282 g/mol. The van der Waals surface area contributed by atoms with Gasteiger partial charge in [0.1, 0.15) is 0 Å². The topological polar surface area (TPSA) is 21.3 Å². The van der Waals surface area contributed by atoms with E-state index in [2.05, 4.69) is 5.32 Å². The van der Waals surface area contributed by atoms with E-state index < -0.39 is 0 Å². The Hall–Kier alpha value is 0.210. The molecule has 0 bridgehead atoms. The summed E-state index contributed by atoms with van der Waals surface area (Å²) >= 11 is 6.28. The van der Waals surface area contributed by atoms with E-state index in [9.17, 15) is 0 Å². The zero-order valence-electron chi connectivity index (χ0n) is 13.5. The summed E-state index contributed by atoms with van der Waals surface area (Å²) in [5.41, 5.74) is 0.626. The molecule has 0 aromatic rings. The van der Waals surface area contributed by atoms with Gasteiger partial charge in [-0.25, -0.2) is 0 Å². The average molecular weight is 314 g/mol. The largest absolute Gasteiger partial charge is 0.370 e. The minimum Gasteiger partial charge on any atom is -0.370 e. The van der Waals surface area contributed by atoms with Gasteiger partial charge in [0, 0.05) is 19.0 Å². The highest BCUT2D eigenvalue weighted by Crippen LogP contribution is 2.42. The van der Waals surface area contributed by atoms with Crippen molar-refractivity contribution in [1.82, 2.24) is 5.32 Å². The molecule has 1 heterocycles. The lowest BCUT2D eigenvalue weighted by molar-refractivity contribution is -0.0628. The molecule has 3 heteroatoms. The van der Waals surface area contributed by atoms with Crippen LogP contribution in [0.25, 0.3) is 0 Å². The molecule has 3 aliphatic rings. The van der Waals surface area contributed by atoms with E-state index in [0.29, 0.717) is 11.5 Å². The van der Waals surface area contributed by atoms with Crippen LogP contribution in [0.5, 0.6) is 0 Å². The molecule has 1 unspecified atom stereocenters. The van der Waals surface area contributed by atoms with Crippen molar-refractivity contribution in [3.05, 3.63) is 0 Å². The van der Waals surface area contributed by atoms with Crippen molar-refractivity contribution in [2.75, 3.05) is 19.0 Å². The van der Waals surface area contributed by atoms with Crippen molar-refractivity contribution >= 4 is 11.6 Å². The predicted molar refractivity (Wildman–Crippen MR) is 89.0 cm³/mol. The van der Waals surface area contributed by atoms with Gasteiger partial charge in [0.25, 0.3) is 0 Å². The van der Waals surface area contributed by atoms with Crippen molar-refractivity contribution in [3.63, 3.8) is 0 Å². The van der Waals surface area contributed by atoms with Crippen molar-refractivity contribution in [2.24, 2.45) is 5.41 Å². The Morgan fingerprint density at radius 2 is 1.57 bits per heavy atom. The second-order valence-corrected chi connectivity index (χ2v) is 8.11. The standard InChI is InChI=1S/C18H32ClNO/c19-14-17(8-3-1-4-9-17)15-20-13-16-7-12-18(21-16)10-5-2-6-11-18/h16,20H,1-15H2. The molecule has 2 nitrogen and oxygen atoms in total. The van der Waals surface area contributed by atoms with Gasteiger partial charge in [-0.1, -0.05) is 38.5 Å². The van der Waals surface area contributed by atoms with Gasteiger partial charge < -0.3 is 10.1 Å². The first-order valence-electron chi connectivity index (χ1n) is 9.21. The normalized spacial score (nSPS) is 31.6. The van der Waals surface area contributed by atoms with Gasteiger partial charge in [0.2, 0.25) is 0 Å². The van der Waals surface area contributed by atoms with Crippen molar-refractivity contribution in [3.8, 4) is 0 Å². The molecular formula is C18H32ClNO. The third kappa shape index (κ3) is 3.95. The van der Waals surface area contributed by atoms with Crippen LogP contribution in [0.15, 0.2) is 0 Å². The number of ether oxygens (including phenoxy) is 1. The Balaban J connectivity index is 1.41. The lowest BCUT2D eigenvalue weighted by Gasteiger charge is -2.36. The molecule has 0 amide bonds. The Kier molecular flexibility index (Phi) is 5.50. The molecule has 1 aliphatic heterocycles. The SMILES string of the molecule is ClCC1(CNCC2CCC3(CCCCC3)O2)CCCCC1. The van der Waals surface area contributed by atoms with Gasteiger partial charge in [-0.15, -0.1) is 11.6 Å². The highest BCUT2D eigenvalue weighted by atomic mass is 35.5. The van der Waals surface area contributed by atoms with Crippen LogP contribution in [0.4, 0.5) is 0 Å². The number of halogens is 1. The maximum Gasteiger partial charge on any atom is 0.0708 e. The monoisotopic (exact) mass is 313 g/mol. The second kappa shape index (κ2) is 7.19. The van der Waals surface area contributed by atoms with E-state index in [1.807, 2.05) is 0 Å². The number of nitrogens with one attached hydrogen (secondary N) is 1. The molecule has 3 fully saturated rings. The first kappa shape index (κ1) is 16.1. The summed E-state index contributed by atoms with van der Waals surface area (Å²) < 4.78 is 6.45. The summed E-state index contributed by atoms with van der Waals surface area (Å²) in [7, 11) is 0. The highest BCUT2D eigenvalue weighted by molar-refractivity contribution is 6.18. The number of alkyl halides is 1. The number of hydrogen-bond donors (Lipinski definition) is 1. The van der Waals surface area contributed by atoms with E-state index in [4.69, 9.17) is 16.3 Å². The van der Waals surface area contributed by atoms with Crippen LogP contribution in [0.1, 0.15) is 77.0 Å². The molecule has 2 saturated carbocycles. The van der Waals surface area contributed by atoms with Crippen LogP contribution < -0.4 is 5.32 Å². The van der Waals surface area contributed by atoms with Crippen LogP contribution in [0.2, 0.25) is 0 Å². The summed E-state index contributed by atoms with van der Waals surface area (Å²) in [5, 5.41) is 3.70. The van der Waals surface area contributed by atoms with Gasteiger partial charge in [0.15, 0.2) is 0 Å². The average Bonchev–Trinajstić information content (AvgIpc) is 2.91. The Morgan fingerprint density at radius 1 is 0.905 bits per heavy atom. The maximum atomic E-state index is 6.45. The summed E-state index contributed by atoms with van der Waals surface area (Å²) in [6, 6.07) is 0. The maximum absolute atomic E-state index is 6.45. The van der Waals surface area contributed by atoms with Gasteiger partial charge in [-0.3, -0.25) is 0 Å². The third-order valence-electron chi connectivity index (χ3n) is 6.17. The minimum absolute atomic E-state index is 0.263. The summed E-state index contributed by atoms with van der Waals surface area (Å²) in [4.78, 5) is 0. The summed E-state index contributed by atoms with van der Waals surface area (Å²) in [5.74, 6) is 0.815. The lowest BCUT2D eigenvalue weighted by atomic mass is 9.75. The Morgan fingerprint density at radius 3 is 2.24 bits per heavy atom. The van der Waals surface area contributed by atoms with Crippen molar-refractivity contribution < 1.29 is 4.74 Å². The molecule has 1 saturated heterocycles. The van der Waals surface area contributed by atoms with Gasteiger partial charge >= 0.3 is 0 Å². The molecule has 122 valence electrons. The summed E-state index contributed by atoms with van der Waals surface area (Å²) in [6.07, 6.45) is 16.5. The number of hydrogen-bond acceptors (Lipinski definition) is 2. The third-order valence-corrected chi connectivity index (χ3v) is 6.74. The van der Waals surface area contributed by atoms with Crippen LogP contribution >= 0.6 is 11.6 Å². The highest BCUT2D eigenvalue weighted by Gasteiger charge is 2.40. The van der Waals surface area contributed by atoms with E-state index >= 15 is 0 Å². The van der Waals surface area contributed by atoms with E-state index in [1.54, 1.807) is 0 Å². The molecule has 21 heavy (non-hydrogen) atoms. The predicted octanol–water partition coefficient (Wildman–Crippen LogP) is 4.65. The molecule has 0 aromatic heterocycles. The fraction of sp³-hybridized carbons (Fsp3) is 1.00. The van der Waals surface area contributed by atoms with Crippen molar-refractivity contribution in [1.29, 1.82) is 0 Å². The van der Waals surface area contributed by atoms with Gasteiger partial charge in [-0.2, -0.15) is 0 Å². The lowest BCUT2D eigenvalue weighted by Crippen LogP contribution is -2.41.